The van der Waals surface area contributed by atoms with Gasteiger partial charge in [0.2, 0.25) is 0 Å². The van der Waals surface area contributed by atoms with Crippen LogP contribution < -0.4 is 0 Å². The molecule has 11 heavy (non-hydrogen) atoms. The Morgan fingerprint density at radius 2 is 2.00 bits per heavy atom. The molecule has 0 aromatic heterocycles. The van der Waals surface area contributed by atoms with Gasteiger partial charge in [-0.15, -0.1) is 33.2 Å². The van der Waals surface area contributed by atoms with E-state index in [1.807, 2.05) is 0 Å². The van der Waals surface area contributed by atoms with E-state index in [1.54, 1.807) is 0 Å². The van der Waals surface area contributed by atoms with Crippen LogP contribution in [0.1, 0.15) is 13.8 Å². The van der Waals surface area contributed by atoms with Crippen molar-refractivity contribution in [2.75, 3.05) is 0 Å². The van der Waals surface area contributed by atoms with Gasteiger partial charge in [0.15, 0.2) is 0 Å². The van der Waals surface area contributed by atoms with Gasteiger partial charge in [-0.2, -0.15) is 0 Å². The first-order valence-corrected chi connectivity index (χ1v) is 10.6. The normalized spacial score (nSPS) is 14.8. The molecule has 0 rings (SSSR count). The van der Waals surface area contributed by atoms with Crippen molar-refractivity contribution in [3.05, 3.63) is 11.3 Å². The minimum Gasteiger partial charge on any atom is -0.126 e. The maximum absolute atomic E-state index is 5.73. The molecule has 0 aromatic rings. The van der Waals surface area contributed by atoms with Gasteiger partial charge in [0.25, 0.3) is 0 Å². The standard InChI is InChI=1S/C6H13Cl3Si2/c1-3-6(2)10-4-5-11(7,8)9/h3H,4-5,10H2,1-2H3. The fraction of sp³-hybridized carbons (Fsp3) is 0.667. The Bertz CT molecular complexity index is 139. The van der Waals surface area contributed by atoms with E-state index in [0.29, 0.717) is 0 Å². The van der Waals surface area contributed by atoms with E-state index in [9.17, 15) is 0 Å². The van der Waals surface area contributed by atoms with Crippen LogP contribution in [0.3, 0.4) is 0 Å². The first kappa shape index (κ1) is 12.0. The molecule has 0 unspecified atom stereocenters. The number of allylic oxidation sites excluding steroid dienone is 2. The molecular weight excluding hydrogens is 235 g/mol. The molecule has 0 heterocycles. The van der Waals surface area contributed by atoms with Crippen molar-refractivity contribution in [3.63, 3.8) is 0 Å². The van der Waals surface area contributed by atoms with Crippen LogP contribution in [-0.4, -0.2) is 15.5 Å². The predicted molar refractivity (Wildman–Crippen MR) is 60.9 cm³/mol. The topological polar surface area (TPSA) is 0 Å². The first-order chi connectivity index (χ1) is 4.95. The molecule has 0 atom stereocenters. The quantitative estimate of drug-likeness (QED) is 0.529. The molecule has 0 radical (unpaired) electrons. The van der Waals surface area contributed by atoms with Crippen LogP contribution in [0.5, 0.6) is 0 Å². The predicted octanol–water partition coefficient (Wildman–Crippen LogP) is 3.15. The summed E-state index contributed by atoms with van der Waals surface area (Å²) in [4.78, 5) is 0. The van der Waals surface area contributed by atoms with Crippen LogP contribution in [0.4, 0.5) is 0 Å². The van der Waals surface area contributed by atoms with E-state index in [-0.39, 0.29) is 9.52 Å². The van der Waals surface area contributed by atoms with E-state index in [2.05, 4.69) is 19.9 Å². The van der Waals surface area contributed by atoms with Crippen molar-refractivity contribution in [1.82, 2.24) is 0 Å². The molecule has 0 spiro atoms. The van der Waals surface area contributed by atoms with E-state index in [1.165, 1.54) is 5.20 Å². The van der Waals surface area contributed by atoms with Crippen LogP contribution in [0.15, 0.2) is 11.3 Å². The lowest BCUT2D eigenvalue weighted by atomic mass is 10.6. The van der Waals surface area contributed by atoms with Gasteiger partial charge in [0.05, 0.1) is 0 Å². The summed E-state index contributed by atoms with van der Waals surface area (Å²) in [5, 5.41) is 1.51. The second-order valence-corrected chi connectivity index (χ2v) is 14.2. The largest absolute Gasteiger partial charge is 0.341 e. The van der Waals surface area contributed by atoms with E-state index in [4.69, 9.17) is 33.2 Å². The van der Waals surface area contributed by atoms with Gasteiger partial charge >= 0.3 is 6.00 Å². The molecule has 66 valence electrons. The highest BCUT2D eigenvalue weighted by Gasteiger charge is 2.23. The Kier molecular flexibility index (Phi) is 6.18. The molecular formula is C6H13Cl3Si2. The Hall–Kier alpha value is 1.04. The fourth-order valence-electron chi connectivity index (χ4n) is 0.712. The maximum atomic E-state index is 5.73. The van der Waals surface area contributed by atoms with Crippen molar-refractivity contribution < 1.29 is 0 Å². The van der Waals surface area contributed by atoms with E-state index >= 15 is 0 Å². The molecule has 0 N–H and O–H groups in total. The zero-order valence-corrected chi connectivity index (χ0v) is 11.5. The van der Waals surface area contributed by atoms with E-state index in [0.717, 1.165) is 12.1 Å². The third kappa shape index (κ3) is 8.95. The summed E-state index contributed by atoms with van der Waals surface area (Å²) in [5.74, 6) is 0. The molecule has 0 aliphatic rings. The lowest BCUT2D eigenvalue weighted by Gasteiger charge is -2.06. The summed E-state index contributed by atoms with van der Waals surface area (Å²) < 4.78 is 0. The molecule has 0 aliphatic carbocycles. The Morgan fingerprint density at radius 1 is 1.45 bits per heavy atom. The average molecular weight is 248 g/mol. The summed E-state index contributed by atoms with van der Waals surface area (Å²) in [6, 6.07) is -0.346. The van der Waals surface area contributed by atoms with Gasteiger partial charge in [-0.25, -0.2) is 0 Å². The van der Waals surface area contributed by atoms with Crippen molar-refractivity contribution in [3.8, 4) is 0 Å². The minimum atomic E-state index is -2.31. The lowest BCUT2D eigenvalue weighted by Crippen LogP contribution is -2.09. The van der Waals surface area contributed by atoms with Crippen molar-refractivity contribution in [1.29, 1.82) is 0 Å². The third-order valence-electron chi connectivity index (χ3n) is 1.52. The Morgan fingerprint density at radius 3 is 2.36 bits per heavy atom. The molecule has 0 nitrogen and oxygen atoms in total. The number of hydrogen-bond acceptors (Lipinski definition) is 0. The van der Waals surface area contributed by atoms with E-state index < -0.39 is 6.00 Å². The van der Waals surface area contributed by atoms with Crippen LogP contribution in [-0.2, 0) is 0 Å². The summed E-state index contributed by atoms with van der Waals surface area (Å²) >= 11 is 17.2. The fourth-order valence-corrected chi connectivity index (χ4v) is 7.48. The smallest absolute Gasteiger partial charge is 0.126 e. The van der Waals surface area contributed by atoms with Gasteiger partial charge < -0.3 is 0 Å². The van der Waals surface area contributed by atoms with Gasteiger partial charge in [-0.05, 0) is 19.9 Å². The highest BCUT2D eigenvalue weighted by atomic mass is 35.8. The molecule has 0 aliphatic heterocycles. The monoisotopic (exact) mass is 246 g/mol. The zero-order valence-electron chi connectivity index (χ0n) is 6.83. The third-order valence-corrected chi connectivity index (χ3v) is 6.76. The second kappa shape index (κ2) is 5.65. The minimum absolute atomic E-state index is 0.102. The second-order valence-electron chi connectivity index (χ2n) is 2.60. The number of halogens is 3. The van der Waals surface area contributed by atoms with Gasteiger partial charge in [-0.3, -0.25) is 0 Å². The molecule has 0 saturated carbocycles. The average Bonchev–Trinajstić information content (AvgIpc) is 1.85. The highest BCUT2D eigenvalue weighted by Crippen LogP contribution is 2.26. The first-order valence-electron chi connectivity index (χ1n) is 3.64. The van der Waals surface area contributed by atoms with Crippen molar-refractivity contribution >= 4 is 48.8 Å². The van der Waals surface area contributed by atoms with Gasteiger partial charge in [0, 0.05) is 9.52 Å². The molecule has 0 bridgehead atoms. The van der Waals surface area contributed by atoms with Crippen molar-refractivity contribution in [2.45, 2.75) is 25.9 Å². The van der Waals surface area contributed by atoms with Crippen LogP contribution >= 0.6 is 33.2 Å². The molecule has 0 amide bonds. The Labute approximate surface area is 85.9 Å². The Balaban J connectivity index is 3.43. The van der Waals surface area contributed by atoms with Crippen LogP contribution in [0.25, 0.3) is 0 Å². The van der Waals surface area contributed by atoms with Crippen molar-refractivity contribution in [2.24, 2.45) is 0 Å². The molecule has 0 aromatic carbocycles. The lowest BCUT2D eigenvalue weighted by molar-refractivity contribution is 1.40. The summed E-state index contributed by atoms with van der Waals surface area (Å²) in [7, 11) is -0.102. The SMILES string of the molecule is CC=C(C)[SiH2]CC[Si](Cl)(Cl)Cl. The summed E-state index contributed by atoms with van der Waals surface area (Å²) in [6.07, 6.45) is 2.16. The summed E-state index contributed by atoms with van der Waals surface area (Å²) in [6.45, 7) is 4.22. The maximum Gasteiger partial charge on any atom is 0.341 e. The zero-order chi connectivity index (χ0) is 8.91. The van der Waals surface area contributed by atoms with Crippen LogP contribution in [0, 0.1) is 0 Å². The molecule has 0 fully saturated rings. The van der Waals surface area contributed by atoms with Gasteiger partial charge in [-0.1, -0.05) is 17.3 Å². The molecule has 5 heteroatoms. The number of rotatable bonds is 4. The molecule has 0 saturated heterocycles. The highest BCUT2D eigenvalue weighted by molar-refractivity contribution is 7.64. The van der Waals surface area contributed by atoms with Crippen LogP contribution in [0.2, 0.25) is 12.1 Å². The number of hydrogen-bond donors (Lipinski definition) is 0. The summed E-state index contributed by atoms with van der Waals surface area (Å²) in [5.41, 5.74) is 0. The van der Waals surface area contributed by atoms with Gasteiger partial charge in [0.1, 0.15) is 0 Å².